The molecule has 3 aromatic rings. The molecule has 202 valence electrons. The second-order valence-electron chi connectivity index (χ2n) is 9.19. The summed E-state index contributed by atoms with van der Waals surface area (Å²) in [7, 11) is 0. The lowest BCUT2D eigenvalue weighted by molar-refractivity contribution is 0.122. The van der Waals surface area contributed by atoms with Crippen molar-refractivity contribution in [2.24, 2.45) is 0 Å². The average Bonchev–Trinajstić information content (AvgIpc) is 2.95. The van der Waals surface area contributed by atoms with Gasteiger partial charge in [0, 0.05) is 30.0 Å². The molecule has 2 atom stereocenters. The van der Waals surface area contributed by atoms with Gasteiger partial charge in [-0.1, -0.05) is 18.7 Å². The molecule has 0 radical (unpaired) electrons. The van der Waals surface area contributed by atoms with E-state index in [2.05, 4.69) is 32.4 Å². The van der Waals surface area contributed by atoms with Gasteiger partial charge in [-0.25, -0.2) is 18.7 Å². The first-order valence-electron chi connectivity index (χ1n) is 12.7. The van der Waals surface area contributed by atoms with Gasteiger partial charge in [0.1, 0.15) is 17.9 Å². The molecule has 1 fully saturated rings. The monoisotopic (exact) mass is 532 g/mol. The molecule has 0 bridgehead atoms. The van der Waals surface area contributed by atoms with Crippen molar-refractivity contribution in [3.63, 3.8) is 0 Å². The summed E-state index contributed by atoms with van der Waals surface area (Å²) in [5.74, 6) is -0.528. The van der Waals surface area contributed by atoms with E-state index in [0.717, 1.165) is 24.5 Å². The molecule has 10 heteroatoms. The molecule has 1 aliphatic heterocycles. The molecule has 0 saturated carbocycles. The Kier molecular flexibility index (Phi) is 8.14. The quantitative estimate of drug-likeness (QED) is 0.216. The van der Waals surface area contributed by atoms with Crippen LogP contribution in [-0.2, 0) is 4.74 Å². The Bertz CT molecular complexity index is 1390. The highest BCUT2D eigenvalue weighted by Crippen LogP contribution is 2.32. The lowest BCUT2D eigenvalue weighted by atomic mass is 10.1. The molecule has 1 aliphatic carbocycles. The van der Waals surface area contributed by atoms with Gasteiger partial charge in [-0.3, -0.25) is 0 Å². The summed E-state index contributed by atoms with van der Waals surface area (Å²) in [5, 5.41) is 19.1. The lowest BCUT2D eigenvalue weighted by Crippen LogP contribution is -2.36. The van der Waals surface area contributed by atoms with Crippen LogP contribution in [0.5, 0.6) is 0 Å². The van der Waals surface area contributed by atoms with Crippen molar-refractivity contribution in [2.75, 3.05) is 47.2 Å². The van der Waals surface area contributed by atoms with Crippen molar-refractivity contribution < 1.29 is 18.6 Å². The molecule has 2 heterocycles. The first-order valence-corrected chi connectivity index (χ1v) is 12.7. The second kappa shape index (κ2) is 12.1. The predicted octanol–water partition coefficient (Wildman–Crippen LogP) is 5.37. The van der Waals surface area contributed by atoms with E-state index >= 15 is 0 Å². The number of anilines is 5. The number of nitrogens with one attached hydrogen (secondary N) is 3. The third-order valence-corrected chi connectivity index (χ3v) is 6.40. The molecule has 39 heavy (non-hydrogen) atoms. The summed E-state index contributed by atoms with van der Waals surface area (Å²) in [6.45, 7) is 6.52. The van der Waals surface area contributed by atoms with Crippen molar-refractivity contribution in [1.82, 2.24) is 9.97 Å². The lowest BCUT2D eigenvalue weighted by Gasteiger charge is -2.29. The minimum Gasteiger partial charge on any atom is -0.378 e. The molecule has 4 N–H and O–H groups in total. The fourth-order valence-corrected chi connectivity index (χ4v) is 4.44. The smallest absolute Gasteiger partial charge is 0.227 e. The van der Waals surface area contributed by atoms with Gasteiger partial charge in [-0.2, -0.15) is 0 Å². The van der Waals surface area contributed by atoms with Crippen molar-refractivity contribution in [2.45, 2.75) is 18.7 Å². The molecule has 1 saturated heterocycles. The Balaban J connectivity index is 1.47. The molecule has 1 aromatic heterocycles. The van der Waals surface area contributed by atoms with E-state index in [1.54, 1.807) is 24.4 Å². The Labute approximate surface area is 225 Å². The number of nitrogens with zero attached hydrogens (tertiary/aromatic N) is 3. The summed E-state index contributed by atoms with van der Waals surface area (Å²) >= 11 is 0. The standard InChI is InChI=1S/C29H30F2N6O2/c1-2-27(38)35-25-15-19(9-10-24(25)31)28-26(33-21-6-3-5-20(30)16-21)18-32-29(36-28)34-22-7-4-8-23(17-22)37-11-13-39-14-12-37/h2-5,7-10,15-18,21,27,33,35,38H,1,6,11-14H2,(H,32,34,36). The fourth-order valence-electron chi connectivity index (χ4n) is 4.44. The highest BCUT2D eigenvalue weighted by Gasteiger charge is 2.18. The highest BCUT2D eigenvalue weighted by molar-refractivity contribution is 5.78. The van der Waals surface area contributed by atoms with Crippen LogP contribution in [-0.4, -0.2) is 53.6 Å². The average molecular weight is 533 g/mol. The number of morpholine rings is 1. The van der Waals surface area contributed by atoms with E-state index in [1.165, 1.54) is 24.3 Å². The number of allylic oxidation sites excluding steroid dienone is 2. The number of benzene rings is 2. The number of halogens is 2. The van der Waals surface area contributed by atoms with E-state index < -0.39 is 12.0 Å². The summed E-state index contributed by atoms with van der Waals surface area (Å²) in [5.41, 5.74) is 3.56. The normalized spacial score (nSPS) is 17.8. The van der Waals surface area contributed by atoms with Gasteiger partial charge in [-0.15, -0.1) is 0 Å². The number of rotatable bonds is 9. The van der Waals surface area contributed by atoms with Crippen molar-refractivity contribution in [1.29, 1.82) is 0 Å². The molecule has 0 amide bonds. The summed E-state index contributed by atoms with van der Waals surface area (Å²) in [6, 6.07) is 12.1. The first-order chi connectivity index (χ1) is 19.0. The first kappa shape index (κ1) is 26.3. The van der Waals surface area contributed by atoms with Gasteiger partial charge in [-0.05, 0) is 61.0 Å². The Morgan fingerprint density at radius 3 is 2.77 bits per heavy atom. The minimum atomic E-state index is -1.13. The molecule has 2 unspecified atom stereocenters. The third-order valence-electron chi connectivity index (χ3n) is 6.40. The maximum atomic E-state index is 14.5. The van der Waals surface area contributed by atoms with Gasteiger partial charge in [0.15, 0.2) is 0 Å². The zero-order valence-electron chi connectivity index (χ0n) is 21.3. The Morgan fingerprint density at radius 2 is 1.97 bits per heavy atom. The van der Waals surface area contributed by atoms with E-state index in [4.69, 9.17) is 9.72 Å². The number of ether oxygens (including phenoxy) is 1. The summed E-state index contributed by atoms with van der Waals surface area (Å²) in [6.07, 6.45) is 7.01. The van der Waals surface area contributed by atoms with Gasteiger partial charge < -0.3 is 30.7 Å². The fraction of sp³-hybridized carbons (Fsp3) is 0.241. The van der Waals surface area contributed by atoms with Crippen LogP contribution in [0.2, 0.25) is 0 Å². The Morgan fingerprint density at radius 1 is 1.13 bits per heavy atom. The van der Waals surface area contributed by atoms with E-state index in [0.29, 0.717) is 42.5 Å². The molecule has 2 aliphatic rings. The number of aliphatic hydroxyl groups excluding tert-OH is 1. The second-order valence-corrected chi connectivity index (χ2v) is 9.19. The predicted molar refractivity (Wildman–Crippen MR) is 150 cm³/mol. The van der Waals surface area contributed by atoms with Crippen LogP contribution in [0, 0.1) is 5.82 Å². The zero-order valence-corrected chi connectivity index (χ0v) is 21.3. The molecular formula is C29H30F2N6O2. The van der Waals surface area contributed by atoms with Crippen LogP contribution in [0.3, 0.4) is 0 Å². The number of aromatic nitrogens is 2. The van der Waals surface area contributed by atoms with Crippen LogP contribution >= 0.6 is 0 Å². The molecule has 5 rings (SSSR count). The van der Waals surface area contributed by atoms with E-state index in [-0.39, 0.29) is 17.6 Å². The van der Waals surface area contributed by atoms with Crippen molar-refractivity contribution in [3.05, 3.63) is 91.2 Å². The van der Waals surface area contributed by atoms with Crippen LogP contribution in [0.1, 0.15) is 6.42 Å². The van der Waals surface area contributed by atoms with Crippen molar-refractivity contribution in [3.8, 4) is 11.3 Å². The van der Waals surface area contributed by atoms with Crippen molar-refractivity contribution >= 4 is 28.7 Å². The molecule has 2 aromatic carbocycles. The third kappa shape index (κ3) is 6.60. The van der Waals surface area contributed by atoms with E-state index in [9.17, 15) is 13.9 Å². The summed E-state index contributed by atoms with van der Waals surface area (Å²) in [4.78, 5) is 11.5. The summed E-state index contributed by atoms with van der Waals surface area (Å²) < 4.78 is 33.9. The number of aliphatic hydroxyl groups is 1. The SMILES string of the molecule is C=CC(O)Nc1cc(-c2nc(Nc3cccc(N4CCOCC4)c3)ncc2NC2C=C(F)C=CC2)ccc1F. The van der Waals surface area contributed by atoms with Gasteiger partial charge in [0.25, 0.3) is 0 Å². The molecule has 0 spiro atoms. The van der Waals surface area contributed by atoms with Gasteiger partial charge >= 0.3 is 0 Å². The highest BCUT2D eigenvalue weighted by atomic mass is 19.1. The maximum absolute atomic E-state index is 14.5. The Hall–Kier alpha value is -4.28. The van der Waals surface area contributed by atoms with Gasteiger partial charge in [0.05, 0.1) is 42.5 Å². The molecular weight excluding hydrogens is 502 g/mol. The van der Waals surface area contributed by atoms with Crippen LogP contribution < -0.4 is 20.9 Å². The van der Waals surface area contributed by atoms with Crippen LogP contribution in [0.4, 0.5) is 37.5 Å². The van der Waals surface area contributed by atoms with Crippen LogP contribution in [0.15, 0.2) is 85.4 Å². The maximum Gasteiger partial charge on any atom is 0.227 e. The number of hydrogen-bond donors (Lipinski definition) is 4. The zero-order chi connectivity index (χ0) is 27.2. The topological polar surface area (TPSA) is 94.6 Å². The largest absolute Gasteiger partial charge is 0.378 e. The van der Waals surface area contributed by atoms with Gasteiger partial charge in [0.2, 0.25) is 5.95 Å². The van der Waals surface area contributed by atoms with Crippen LogP contribution in [0.25, 0.3) is 11.3 Å². The minimum absolute atomic E-state index is 0.0868. The number of hydrogen-bond acceptors (Lipinski definition) is 8. The van der Waals surface area contributed by atoms with E-state index in [1.807, 2.05) is 24.3 Å². The molecule has 8 nitrogen and oxygen atoms in total.